The fourth-order valence-electron chi connectivity index (χ4n) is 8.67. The fraction of sp³-hybridized carbons (Fsp3) is 0.404. The molecule has 15 nitrogen and oxygen atoms in total. The molecule has 0 aliphatic carbocycles. The average molecular weight is 876 g/mol. The van der Waals surface area contributed by atoms with E-state index in [2.05, 4.69) is 15.6 Å². The van der Waals surface area contributed by atoms with Crippen molar-refractivity contribution in [2.24, 2.45) is 10.7 Å². The molecule has 1 atom stereocenters. The summed E-state index contributed by atoms with van der Waals surface area (Å²) in [5.74, 6) is -3.25. The molecule has 1 unspecified atom stereocenters. The number of aliphatic imine (C=N–C) groups is 1. The van der Waals surface area contributed by atoms with E-state index in [1.165, 1.54) is 18.3 Å². The van der Waals surface area contributed by atoms with Crippen molar-refractivity contribution in [3.8, 4) is 11.1 Å². The molecular weight excluding hydrogens is 825 g/mol. The van der Waals surface area contributed by atoms with Crippen molar-refractivity contribution in [2.75, 3.05) is 51.3 Å². The summed E-state index contributed by atoms with van der Waals surface area (Å²) in [4.78, 5) is 82.0. The molecule has 4 aliphatic heterocycles. The molecule has 5 amide bonds. The molecule has 1 aromatic heterocycles. The first kappa shape index (κ1) is 44.2. The van der Waals surface area contributed by atoms with Gasteiger partial charge in [-0.3, -0.25) is 49.1 Å². The van der Waals surface area contributed by atoms with E-state index in [-0.39, 0.29) is 48.0 Å². The zero-order valence-electron chi connectivity index (χ0n) is 35.5. The second-order valence-electron chi connectivity index (χ2n) is 16.5. The zero-order valence-corrected chi connectivity index (χ0v) is 35.5. The van der Waals surface area contributed by atoms with E-state index in [0.717, 1.165) is 30.6 Å². The summed E-state index contributed by atoms with van der Waals surface area (Å²) >= 11 is 0. The summed E-state index contributed by atoms with van der Waals surface area (Å²) in [6.45, 7) is 4.31. The highest BCUT2D eigenvalue weighted by atomic mass is 19.1. The lowest BCUT2D eigenvalue weighted by atomic mass is 10.0. The van der Waals surface area contributed by atoms with Crippen LogP contribution in [0.25, 0.3) is 27.7 Å². The number of halogens is 2. The Balaban J connectivity index is 0.768. The van der Waals surface area contributed by atoms with Crippen molar-refractivity contribution < 1.29 is 37.5 Å². The minimum atomic E-state index is -1.00. The van der Waals surface area contributed by atoms with Crippen LogP contribution in [0, 0.1) is 11.6 Å². The number of rotatable bonds is 15. The Morgan fingerprint density at radius 1 is 0.906 bits per heavy atom. The number of hydrogen-bond acceptors (Lipinski definition) is 12. The Labute approximate surface area is 369 Å². The maximum atomic E-state index is 15.4. The smallest absolute Gasteiger partial charge is 0.262 e. The molecule has 64 heavy (non-hydrogen) atoms. The van der Waals surface area contributed by atoms with Gasteiger partial charge >= 0.3 is 0 Å². The second kappa shape index (κ2) is 19.9. The molecule has 4 aromatic rings. The molecule has 0 bridgehead atoms. The zero-order chi connectivity index (χ0) is 44.7. The first-order valence-corrected chi connectivity index (χ1v) is 21.9. The summed E-state index contributed by atoms with van der Waals surface area (Å²) in [5, 5.41) is 5.50. The Morgan fingerprint density at radius 3 is 2.41 bits per heavy atom. The van der Waals surface area contributed by atoms with Gasteiger partial charge in [0.25, 0.3) is 11.8 Å². The van der Waals surface area contributed by atoms with E-state index in [4.69, 9.17) is 20.4 Å². The first-order chi connectivity index (χ1) is 31.1. The number of piperidine rings is 2. The third-order valence-corrected chi connectivity index (χ3v) is 12.3. The number of amides is 5. The highest BCUT2D eigenvalue weighted by Crippen LogP contribution is 2.32. The average Bonchev–Trinajstić information content (AvgIpc) is 3.55. The molecule has 17 heteroatoms. The molecule has 0 radical (unpaired) electrons. The molecule has 5 heterocycles. The fourth-order valence-corrected chi connectivity index (χ4v) is 8.67. The number of morpholine rings is 1. The maximum absolute atomic E-state index is 15.4. The standard InChI is InChI=1S/C47H51F2N9O6/c48-37-22-29(23-38(49)36(37)28-56-18-20-64-21-19-56)33-6-5-7-39-44(33)54-40(27-53-39)30(25-50)26-52-31-13-16-57(17-14-31)43(60)8-3-1-2-4-15-51-32-9-10-34-35(24-32)47(63)58(46(34)62)41-11-12-42(59)55-45(41)61/h5-7,9-10,22-27,31,41,51H,1-4,8,11-21,28,50H2,(H,55,59,61). The van der Waals surface area contributed by atoms with Crippen LogP contribution in [0.2, 0.25) is 0 Å². The van der Waals surface area contributed by atoms with Gasteiger partial charge in [0, 0.05) is 86.9 Å². The van der Waals surface area contributed by atoms with Gasteiger partial charge in [0.1, 0.15) is 17.7 Å². The van der Waals surface area contributed by atoms with E-state index in [0.29, 0.717) is 104 Å². The number of para-hydroxylation sites is 1. The third kappa shape index (κ3) is 9.85. The molecule has 0 saturated carbocycles. The van der Waals surface area contributed by atoms with E-state index < -0.39 is 41.3 Å². The normalized spacial score (nSPS) is 18.9. The second-order valence-corrected chi connectivity index (χ2v) is 16.5. The van der Waals surface area contributed by atoms with Crippen LogP contribution in [-0.2, 0) is 25.7 Å². The van der Waals surface area contributed by atoms with Crippen LogP contribution >= 0.6 is 0 Å². The van der Waals surface area contributed by atoms with E-state index >= 15 is 8.78 Å². The number of fused-ring (bicyclic) bond motifs is 2. The lowest BCUT2D eigenvalue weighted by Crippen LogP contribution is -2.54. The lowest BCUT2D eigenvalue weighted by molar-refractivity contribution is -0.136. The monoisotopic (exact) mass is 875 g/mol. The highest BCUT2D eigenvalue weighted by molar-refractivity contribution is 6.23. The Morgan fingerprint density at radius 2 is 1.66 bits per heavy atom. The molecule has 3 aromatic carbocycles. The van der Waals surface area contributed by atoms with Gasteiger partial charge in [0.2, 0.25) is 17.7 Å². The molecule has 3 fully saturated rings. The van der Waals surface area contributed by atoms with Gasteiger partial charge in [-0.1, -0.05) is 25.0 Å². The predicted octanol–water partition coefficient (Wildman–Crippen LogP) is 5.23. The van der Waals surface area contributed by atoms with Crippen molar-refractivity contribution >= 4 is 58.0 Å². The predicted molar refractivity (Wildman–Crippen MR) is 236 cm³/mol. The minimum absolute atomic E-state index is 0.00837. The number of carbonyl (C=O) groups excluding carboxylic acids is 5. The van der Waals surface area contributed by atoms with Crippen molar-refractivity contribution in [3.63, 3.8) is 0 Å². The van der Waals surface area contributed by atoms with E-state index in [1.54, 1.807) is 48.8 Å². The topological polar surface area (TPSA) is 193 Å². The van der Waals surface area contributed by atoms with Crippen LogP contribution in [0.3, 0.4) is 0 Å². The molecule has 3 saturated heterocycles. The first-order valence-electron chi connectivity index (χ1n) is 21.9. The third-order valence-electron chi connectivity index (χ3n) is 12.3. The van der Waals surface area contributed by atoms with Gasteiger partial charge in [-0.05, 0) is 74.1 Å². The highest BCUT2D eigenvalue weighted by Gasteiger charge is 2.44. The van der Waals surface area contributed by atoms with E-state index in [9.17, 15) is 24.0 Å². The van der Waals surface area contributed by atoms with Crippen molar-refractivity contribution in [2.45, 2.75) is 76.4 Å². The van der Waals surface area contributed by atoms with Crippen LogP contribution in [-0.4, -0.2) is 118 Å². The number of allylic oxidation sites excluding steroid dienone is 1. The molecule has 8 rings (SSSR count). The van der Waals surface area contributed by atoms with E-state index in [1.807, 2.05) is 9.80 Å². The maximum Gasteiger partial charge on any atom is 0.262 e. The number of benzene rings is 3. The summed E-state index contributed by atoms with van der Waals surface area (Å²) < 4.78 is 36.1. The van der Waals surface area contributed by atoms with Gasteiger partial charge in [0.05, 0.1) is 53.3 Å². The number of hydrogen-bond donors (Lipinski definition) is 3. The van der Waals surface area contributed by atoms with Crippen LogP contribution in [0.5, 0.6) is 0 Å². The Hall–Kier alpha value is -6.46. The van der Waals surface area contributed by atoms with Gasteiger partial charge < -0.3 is 20.7 Å². The lowest BCUT2D eigenvalue weighted by Gasteiger charge is -2.30. The van der Waals surface area contributed by atoms with Crippen molar-refractivity contribution in [1.82, 2.24) is 30.0 Å². The summed E-state index contributed by atoms with van der Waals surface area (Å²) in [6.07, 6.45) is 10.1. The minimum Gasteiger partial charge on any atom is -0.404 e. The SMILES string of the molecule is NC=C(C=NC1CCN(C(=O)CCCCCCNc2ccc3c(c2)C(=O)N(C2CCC(=O)NC2=O)C3=O)CC1)c1cnc2cccc(-c3cc(F)c(CN4CCOCC4)c(F)c3)c2n1. The molecule has 4 aliphatic rings. The van der Waals surface area contributed by atoms with Crippen LogP contribution < -0.4 is 16.4 Å². The summed E-state index contributed by atoms with van der Waals surface area (Å²) in [7, 11) is 0. The summed E-state index contributed by atoms with van der Waals surface area (Å²) in [6, 6.07) is 12.0. The number of likely N-dealkylation sites (tertiary alicyclic amines) is 1. The van der Waals surface area contributed by atoms with Crippen LogP contribution in [0.1, 0.15) is 89.8 Å². The number of aromatic nitrogens is 2. The molecule has 4 N–H and O–H groups in total. The number of nitrogens with zero attached hydrogens (tertiary/aromatic N) is 6. The largest absolute Gasteiger partial charge is 0.404 e. The summed E-state index contributed by atoms with van der Waals surface area (Å²) in [5.41, 5.74) is 10.2. The quantitative estimate of drug-likeness (QED) is 0.0805. The Kier molecular flexibility index (Phi) is 13.8. The number of imide groups is 2. The number of nitrogens with two attached hydrogens (primary N) is 1. The van der Waals surface area contributed by atoms with Crippen LogP contribution in [0.4, 0.5) is 14.5 Å². The van der Waals surface area contributed by atoms with Gasteiger partial charge in [-0.25, -0.2) is 13.8 Å². The number of carbonyl (C=O) groups is 5. The van der Waals surface area contributed by atoms with Crippen molar-refractivity contribution in [1.29, 1.82) is 0 Å². The van der Waals surface area contributed by atoms with Gasteiger partial charge in [0.15, 0.2) is 0 Å². The van der Waals surface area contributed by atoms with Crippen molar-refractivity contribution in [3.05, 3.63) is 94.9 Å². The molecular formula is C47H51F2N9O6. The molecule has 334 valence electrons. The van der Waals surface area contributed by atoms with Crippen LogP contribution in [0.15, 0.2) is 65.9 Å². The Bertz CT molecular complexity index is 2490. The molecule has 0 spiro atoms. The number of nitrogens with one attached hydrogen (secondary N) is 2. The van der Waals surface area contributed by atoms with Gasteiger partial charge in [-0.15, -0.1) is 0 Å². The number of unbranched alkanes of at least 4 members (excludes halogenated alkanes) is 3. The number of ether oxygens (including phenoxy) is 1. The number of anilines is 1. The van der Waals surface area contributed by atoms with Gasteiger partial charge in [-0.2, -0.15) is 0 Å².